The van der Waals surface area contributed by atoms with Crippen molar-refractivity contribution in [2.45, 2.75) is 6.92 Å². The summed E-state index contributed by atoms with van der Waals surface area (Å²) in [6.07, 6.45) is 1.79. The molecule has 0 spiro atoms. The molecular weight excluding hydrogens is 446 g/mol. The van der Waals surface area contributed by atoms with Crippen molar-refractivity contribution in [1.82, 2.24) is 15.0 Å². The Morgan fingerprint density at radius 2 is 1.94 bits per heavy atom. The first kappa shape index (κ1) is 20.7. The largest absolute Gasteiger partial charge is 0.504 e. The summed E-state index contributed by atoms with van der Waals surface area (Å²) in [6, 6.07) is 11.4. The van der Waals surface area contributed by atoms with Gasteiger partial charge in [0, 0.05) is 39.3 Å². The third-order valence-electron chi connectivity index (χ3n) is 5.33. The van der Waals surface area contributed by atoms with Gasteiger partial charge in [0.1, 0.15) is 23.0 Å². The Labute approximate surface area is 192 Å². The number of phenolic OH excluding ortho intramolecular Hbond substituents is 1. The van der Waals surface area contributed by atoms with Gasteiger partial charge < -0.3 is 29.3 Å². The third kappa shape index (κ3) is 3.50. The first-order chi connectivity index (χ1) is 15.9. The highest BCUT2D eigenvalue weighted by molar-refractivity contribution is 6.31. The zero-order valence-electron chi connectivity index (χ0n) is 17.6. The van der Waals surface area contributed by atoms with Crippen molar-refractivity contribution in [3.63, 3.8) is 0 Å². The number of nitrogens with zero attached hydrogens (tertiary/aromatic N) is 1. The molecule has 0 aliphatic heterocycles. The number of aromatic nitrogens is 3. The smallest absolute Gasteiger partial charge is 0.227 e. The van der Waals surface area contributed by atoms with Gasteiger partial charge in [-0.3, -0.25) is 4.79 Å². The number of benzene rings is 2. The van der Waals surface area contributed by atoms with Crippen LogP contribution in [-0.4, -0.2) is 32.3 Å². The van der Waals surface area contributed by atoms with Crippen molar-refractivity contribution in [2.75, 3.05) is 7.11 Å². The number of ether oxygens (including phenoxy) is 1. The maximum absolute atomic E-state index is 12.3. The Balaban J connectivity index is 1.79. The molecule has 8 nitrogen and oxygen atoms in total. The number of aromatic amines is 2. The maximum Gasteiger partial charge on any atom is 0.227 e. The van der Waals surface area contributed by atoms with Crippen LogP contribution in [0, 0.1) is 6.92 Å². The zero-order valence-corrected chi connectivity index (χ0v) is 18.3. The maximum atomic E-state index is 12.3. The lowest BCUT2D eigenvalue weighted by molar-refractivity contribution is 0.373. The second kappa shape index (κ2) is 7.75. The number of imidazole rings is 1. The lowest BCUT2D eigenvalue weighted by Gasteiger charge is -2.08. The van der Waals surface area contributed by atoms with E-state index in [0.29, 0.717) is 33.6 Å². The molecule has 0 fully saturated rings. The van der Waals surface area contributed by atoms with Gasteiger partial charge >= 0.3 is 0 Å². The molecule has 5 rings (SSSR count). The van der Waals surface area contributed by atoms with E-state index in [4.69, 9.17) is 25.7 Å². The fraction of sp³-hybridized carbons (Fsp3) is 0.0833. The molecular formula is C24H18ClN3O5. The van der Waals surface area contributed by atoms with Gasteiger partial charge in [-0.25, -0.2) is 4.98 Å². The molecule has 0 bridgehead atoms. The van der Waals surface area contributed by atoms with Crippen LogP contribution in [0.4, 0.5) is 0 Å². The standard InChI is InChI=1S/C24H18ClN3O5/c1-11-7-18(30)22(31)23(33-11)21-20(12-3-6-17(29)19(8-12)32-2)27-24(28-21)15-10-26-16-9-13(25)4-5-14(15)16/h3-10,26,29,31H,1-2H3,(H,27,28). The topological polar surface area (TPSA) is 124 Å². The number of rotatable bonds is 4. The van der Waals surface area contributed by atoms with Crippen molar-refractivity contribution in [3.05, 3.63) is 69.7 Å². The molecule has 166 valence electrons. The summed E-state index contributed by atoms with van der Waals surface area (Å²) < 4.78 is 11.0. The van der Waals surface area contributed by atoms with E-state index in [1.807, 2.05) is 6.07 Å². The number of nitrogens with one attached hydrogen (secondary N) is 2. The second-order valence-corrected chi connectivity index (χ2v) is 7.92. The zero-order chi connectivity index (χ0) is 23.3. The first-order valence-corrected chi connectivity index (χ1v) is 10.3. The average Bonchev–Trinajstić information content (AvgIpc) is 3.40. The van der Waals surface area contributed by atoms with E-state index in [-0.39, 0.29) is 17.3 Å². The molecule has 0 unspecified atom stereocenters. The summed E-state index contributed by atoms with van der Waals surface area (Å²) in [4.78, 5) is 23.4. The molecule has 3 heterocycles. The molecule has 0 aliphatic carbocycles. The number of fused-ring (bicyclic) bond motifs is 1. The highest BCUT2D eigenvalue weighted by atomic mass is 35.5. The highest BCUT2D eigenvalue weighted by Crippen LogP contribution is 2.40. The van der Waals surface area contributed by atoms with Crippen LogP contribution in [0.25, 0.3) is 45.0 Å². The molecule has 0 saturated carbocycles. The molecule has 0 saturated heterocycles. The Morgan fingerprint density at radius 1 is 1.12 bits per heavy atom. The van der Waals surface area contributed by atoms with E-state index in [1.54, 1.807) is 37.4 Å². The summed E-state index contributed by atoms with van der Waals surface area (Å²) in [6.45, 7) is 1.62. The minimum absolute atomic E-state index is 0.0306. The first-order valence-electron chi connectivity index (χ1n) is 9.94. The van der Waals surface area contributed by atoms with Gasteiger partial charge in [-0.15, -0.1) is 0 Å². The van der Waals surface area contributed by atoms with E-state index in [2.05, 4.69) is 9.97 Å². The summed E-state index contributed by atoms with van der Waals surface area (Å²) in [5.41, 5.74) is 2.30. The SMILES string of the molecule is COc1cc(-c2nc(-c3c[nH]c4cc(Cl)ccc34)[nH]c2-c2oc(C)cc(=O)c2O)ccc1O. The average molecular weight is 464 g/mol. The minimum Gasteiger partial charge on any atom is -0.504 e. The van der Waals surface area contributed by atoms with Crippen molar-refractivity contribution >= 4 is 22.5 Å². The normalized spacial score (nSPS) is 11.2. The molecule has 4 N–H and O–H groups in total. The number of aromatic hydroxyl groups is 2. The monoisotopic (exact) mass is 463 g/mol. The van der Waals surface area contributed by atoms with Crippen molar-refractivity contribution in [1.29, 1.82) is 0 Å². The van der Waals surface area contributed by atoms with E-state index in [0.717, 1.165) is 16.5 Å². The van der Waals surface area contributed by atoms with Gasteiger partial charge in [-0.1, -0.05) is 17.7 Å². The Hall–Kier alpha value is -4.17. The van der Waals surface area contributed by atoms with Crippen LogP contribution in [0.5, 0.6) is 17.2 Å². The number of methoxy groups -OCH3 is 1. The highest BCUT2D eigenvalue weighted by Gasteiger charge is 2.23. The van der Waals surface area contributed by atoms with Gasteiger partial charge in [0.05, 0.1) is 7.11 Å². The van der Waals surface area contributed by atoms with Crippen LogP contribution in [0.2, 0.25) is 5.02 Å². The number of aryl methyl sites for hydroxylation is 1. The predicted molar refractivity (Wildman–Crippen MR) is 125 cm³/mol. The van der Waals surface area contributed by atoms with Gasteiger partial charge in [0.2, 0.25) is 11.2 Å². The summed E-state index contributed by atoms with van der Waals surface area (Å²) >= 11 is 6.11. The third-order valence-corrected chi connectivity index (χ3v) is 5.56. The lowest BCUT2D eigenvalue weighted by atomic mass is 10.1. The number of halogens is 1. The molecule has 2 aromatic carbocycles. The van der Waals surface area contributed by atoms with Crippen LogP contribution in [0.3, 0.4) is 0 Å². The number of hydrogen-bond donors (Lipinski definition) is 4. The van der Waals surface area contributed by atoms with E-state index in [9.17, 15) is 15.0 Å². The van der Waals surface area contributed by atoms with Crippen LogP contribution >= 0.6 is 11.6 Å². The summed E-state index contributed by atoms with van der Waals surface area (Å²) in [7, 11) is 1.44. The van der Waals surface area contributed by atoms with Crippen molar-refractivity contribution < 1.29 is 19.4 Å². The van der Waals surface area contributed by atoms with Gasteiger partial charge in [-0.2, -0.15) is 0 Å². The Morgan fingerprint density at radius 3 is 2.73 bits per heavy atom. The summed E-state index contributed by atoms with van der Waals surface area (Å²) in [5.74, 6) is 0.456. The van der Waals surface area contributed by atoms with Crippen LogP contribution in [-0.2, 0) is 0 Å². The number of phenols is 1. The van der Waals surface area contributed by atoms with Crippen molar-refractivity contribution in [2.24, 2.45) is 0 Å². The molecule has 0 atom stereocenters. The van der Waals surface area contributed by atoms with E-state index >= 15 is 0 Å². The molecule has 0 amide bonds. The fourth-order valence-corrected chi connectivity index (χ4v) is 3.94. The van der Waals surface area contributed by atoms with E-state index < -0.39 is 11.2 Å². The molecule has 9 heteroatoms. The van der Waals surface area contributed by atoms with Crippen LogP contribution in [0.15, 0.2) is 57.9 Å². The number of hydrogen-bond acceptors (Lipinski definition) is 6. The predicted octanol–water partition coefficient (Wildman–Crippen LogP) is 5.23. The fourth-order valence-electron chi connectivity index (χ4n) is 3.77. The summed E-state index contributed by atoms with van der Waals surface area (Å²) in [5, 5.41) is 22.0. The van der Waals surface area contributed by atoms with Gasteiger partial charge in [0.25, 0.3) is 0 Å². The quantitative estimate of drug-likeness (QED) is 0.289. The van der Waals surface area contributed by atoms with Crippen molar-refractivity contribution in [3.8, 4) is 51.3 Å². The second-order valence-electron chi connectivity index (χ2n) is 7.49. The number of H-pyrrole nitrogens is 2. The Kier molecular flexibility index (Phi) is 4.87. The van der Waals surface area contributed by atoms with Crippen LogP contribution in [0.1, 0.15) is 5.76 Å². The molecule has 33 heavy (non-hydrogen) atoms. The van der Waals surface area contributed by atoms with E-state index in [1.165, 1.54) is 19.2 Å². The Bertz CT molecular complexity index is 1580. The lowest BCUT2D eigenvalue weighted by Crippen LogP contribution is -2.01. The minimum atomic E-state index is -0.569. The van der Waals surface area contributed by atoms with Gasteiger partial charge in [-0.05, 0) is 37.3 Å². The molecule has 0 radical (unpaired) electrons. The van der Waals surface area contributed by atoms with Gasteiger partial charge in [0.15, 0.2) is 17.3 Å². The van der Waals surface area contributed by atoms with Crippen LogP contribution < -0.4 is 10.2 Å². The molecule has 0 aliphatic rings. The molecule has 3 aromatic heterocycles. The molecule has 5 aromatic rings.